The zero-order chi connectivity index (χ0) is 25.0. The van der Waals surface area contributed by atoms with Gasteiger partial charge in [0.25, 0.3) is 0 Å². The number of carbonyl (C=O) groups excluding carboxylic acids is 2. The lowest BCUT2D eigenvalue weighted by Crippen LogP contribution is -2.30. The molecule has 0 heterocycles. The van der Waals surface area contributed by atoms with E-state index in [0.717, 1.165) is 51.4 Å². The fraction of sp³-hybridized carbons (Fsp3) is 0.786. The molecule has 36 heavy (non-hydrogen) atoms. The molecule has 0 aliphatic heterocycles. The van der Waals surface area contributed by atoms with Crippen LogP contribution in [0.25, 0.3) is 0 Å². The second-order valence-electron chi connectivity index (χ2n) is 10.1. The fourth-order valence-electron chi connectivity index (χ4n) is 5.78. The summed E-state index contributed by atoms with van der Waals surface area (Å²) in [5.74, 6) is 16.5. The smallest absolute Gasteiger partial charge is 0.407 e. The second kappa shape index (κ2) is 14.4. The topological polar surface area (TPSA) is 95.1 Å². The monoisotopic (exact) mass is 500 g/mol. The average molecular weight is 501 g/mol. The molecule has 0 radical (unpaired) electrons. The molecule has 0 saturated heterocycles. The number of rotatable bonds is 13. The lowest BCUT2D eigenvalue weighted by atomic mass is 10.1. The number of ether oxygens (including phenoxy) is 4. The Morgan fingerprint density at radius 3 is 1.31 bits per heavy atom. The molecule has 4 rings (SSSR count). The predicted octanol–water partition coefficient (Wildman–Crippen LogP) is 3.35. The summed E-state index contributed by atoms with van der Waals surface area (Å²) in [5.41, 5.74) is 0. The van der Waals surface area contributed by atoms with Crippen LogP contribution in [0.4, 0.5) is 9.59 Å². The molecular weight excluding hydrogens is 460 g/mol. The molecular formula is C28H40N2O6. The van der Waals surface area contributed by atoms with Gasteiger partial charge in [0.15, 0.2) is 0 Å². The Bertz CT molecular complexity index is 750. The first kappa shape index (κ1) is 26.6. The van der Waals surface area contributed by atoms with Gasteiger partial charge in [0.1, 0.15) is 0 Å². The average Bonchev–Trinajstić information content (AvgIpc) is 3.70. The van der Waals surface area contributed by atoms with E-state index in [2.05, 4.69) is 34.3 Å². The van der Waals surface area contributed by atoms with Crippen LogP contribution < -0.4 is 10.6 Å². The number of alkyl carbamates (subject to hydrolysis) is 2. The van der Waals surface area contributed by atoms with Crippen LogP contribution in [-0.2, 0) is 18.9 Å². The van der Waals surface area contributed by atoms with Crippen LogP contribution >= 0.6 is 0 Å². The van der Waals surface area contributed by atoms with E-state index in [0.29, 0.717) is 88.2 Å². The zero-order valence-electron chi connectivity index (χ0n) is 21.2. The van der Waals surface area contributed by atoms with Gasteiger partial charge in [0, 0.05) is 38.8 Å². The van der Waals surface area contributed by atoms with Gasteiger partial charge in [-0.25, -0.2) is 9.59 Å². The Balaban J connectivity index is 0.896. The molecule has 6 atom stereocenters. The van der Waals surface area contributed by atoms with Gasteiger partial charge in [0.2, 0.25) is 0 Å². The van der Waals surface area contributed by atoms with E-state index in [-0.39, 0.29) is 12.2 Å². The highest BCUT2D eigenvalue weighted by atomic mass is 16.6. The molecule has 2 saturated carbocycles. The van der Waals surface area contributed by atoms with E-state index < -0.39 is 0 Å². The summed E-state index contributed by atoms with van der Waals surface area (Å²) in [6.07, 6.45) is 7.59. The van der Waals surface area contributed by atoms with Crippen molar-refractivity contribution in [2.75, 3.05) is 52.7 Å². The third-order valence-electron chi connectivity index (χ3n) is 7.90. The Labute approximate surface area is 214 Å². The highest BCUT2D eigenvalue weighted by molar-refractivity contribution is 5.67. The minimum atomic E-state index is -0.385. The van der Waals surface area contributed by atoms with E-state index in [1.165, 1.54) is 0 Å². The molecule has 2 amide bonds. The van der Waals surface area contributed by atoms with E-state index >= 15 is 0 Å². The molecule has 198 valence electrons. The maximum Gasteiger partial charge on any atom is 0.407 e. The Hall–Kier alpha value is -2.42. The van der Waals surface area contributed by atoms with Crippen LogP contribution in [-0.4, -0.2) is 64.9 Å². The largest absolute Gasteiger partial charge is 0.449 e. The Morgan fingerprint density at radius 1 is 0.583 bits per heavy atom. The third kappa shape index (κ3) is 8.61. The van der Waals surface area contributed by atoms with E-state index in [4.69, 9.17) is 18.9 Å². The van der Waals surface area contributed by atoms with Gasteiger partial charge in [0.05, 0.1) is 39.6 Å². The van der Waals surface area contributed by atoms with Crippen molar-refractivity contribution in [3.05, 3.63) is 0 Å². The number of nitrogens with one attached hydrogen (secondary N) is 2. The molecule has 0 aromatic carbocycles. The first-order valence-electron chi connectivity index (χ1n) is 13.6. The summed E-state index contributed by atoms with van der Waals surface area (Å²) >= 11 is 0. The van der Waals surface area contributed by atoms with Crippen LogP contribution in [0.2, 0.25) is 0 Å². The van der Waals surface area contributed by atoms with Gasteiger partial charge in [-0.2, -0.15) is 0 Å². The summed E-state index contributed by atoms with van der Waals surface area (Å²) < 4.78 is 21.7. The van der Waals surface area contributed by atoms with E-state index in [1.807, 2.05) is 0 Å². The molecule has 0 aromatic heterocycles. The van der Waals surface area contributed by atoms with Gasteiger partial charge < -0.3 is 29.6 Å². The first-order chi connectivity index (χ1) is 17.7. The summed E-state index contributed by atoms with van der Waals surface area (Å²) in [6, 6.07) is 0. The molecule has 2 fully saturated rings. The molecule has 8 heteroatoms. The number of hydrogen-bond donors (Lipinski definition) is 2. The van der Waals surface area contributed by atoms with Gasteiger partial charge in [-0.05, 0) is 61.2 Å². The van der Waals surface area contributed by atoms with E-state index in [1.54, 1.807) is 0 Å². The van der Waals surface area contributed by atoms with Crippen molar-refractivity contribution in [1.29, 1.82) is 0 Å². The normalized spacial score (nSPS) is 29.6. The fourth-order valence-corrected chi connectivity index (χ4v) is 5.78. The highest BCUT2D eigenvalue weighted by Gasteiger charge is 2.50. The zero-order valence-corrected chi connectivity index (χ0v) is 21.2. The van der Waals surface area contributed by atoms with Crippen LogP contribution in [0.5, 0.6) is 0 Å². The molecule has 0 spiro atoms. The quantitative estimate of drug-likeness (QED) is 0.298. The standard InChI is InChI=1S/C28H40N2O6/c31-27(35-19-25-21-9-5-1-2-6-10-22(21)25)29-13-15-33-17-18-34-16-14-30-28(32)36-20-26-23-11-7-3-4-8-12-24(23)26/h21-26H,5-20H2,(H,29,31)(H,30,32)/t21-,22+,23-,24+,25?,26?. The lowest BCUT2D eigenvalue weighted by Gasteiger charge is -2.09. The van der Waals surface area contributed by atoms with Gasteiger partial charge >= 0.3 is 12.2 Å². The summed E-state index contributed by atoms with van der Waals surface area (Å²) in [5, 5.41) is 5.45. The van der Waals surface area contributed by atoms with Crippen molar-refractivity contribution in [1.82, 2.24) is 10.6 Å². The van der Waals surface area contributed by atoms with Gasteiger partial charge in [-0.1, -0.05) is 0 Å². The molecule has 2 unspecified atom stereocenters. The first-order valence-corrected chi connectivity index (χ1v) is 13.6. The third-order valence-corrected chi connectivity index (χ3v) is 7.90. The minimum absolute atomic E-state index is 0.385. The van der Waals surface area contributed by atoms with Gasteiger partial charge in [-0.15, -0.1) is 23.7 Å². The summed E-state index contributed by atoms with van der Waals surface area (Å²) in [6.45, 7) is 3.41. The van der Waals surface area contributed by atoms with Crippen molar-refractivity contribution in [3.63, 3.8) is 0 Å². The molecule has 4 aliphatic rings. The Kier molecular flexibility index (Phi) is 10.6. The summed E-state index contributed by atoms with van der Waals surface area (Å²) in [4.78, 5) is 23.7. The maximum atomic E-state index is 11.9. The predicted molar refractivity (Wildman–Crippen MR) is 134 cm³/mol. The van der Waals surface area contributed by atoms with Crippen molar-refractivity contribution < 1.29 is 28.5 Å². The number of carbonyl (C=O) groups is 2. The minimum Gasteiger partial charge on any atom is -0.449 e. The molecule has 8 nitrogen and oxygen atoms in total. The van der Waals surface area contributed by atoms with Crippen molar-refractivity contribution in [2.45, 2.75) is 51.4 Å². The van der Waals surface area contributed by atoms with Crippen molar-refractivity contribution in [3.8, 4) is 23.7 Å². The number of amides is 2. The number of fused-ring (bicyclic) bond motifs is 2. The van der Waals surface area contributed by atoms with Crippen molar-refractivity contribution >= 4 is 12.2 Å². The maximum absolute atomic E-state index is 11.9. The van der Waals surface area contributed by atoms with Crippen molar-refractivity contribution in [2.24, 2.45) is 35.5 Å². The van der Waals surface area contributed by atoms with Gasteiger partial charge in [-0.3, -0.25) is 0 Å². The highest BCUT2D eigenvalue weighted by Crippen LogP contribution is 2.53. The SMILES string of the molecule is O=C(NCCOCCOCCNC(=O)OCC1[C@H]2CCC#CCC[C@@H]12)OCC1[C@H]2CCC#CCC[C@@H]12. The van der Waals surface area contributed by atoms with Crippen LogP contribution in [0, 0.1) is 59.2 Å². The second-order valence-corrected chi connectivity index (χ2v) is 10.1. The van der Waals surface area contributed by atoms with Crippen LogP contribution in [0.1, 0.15) is 51.4 Å². The molecule has 0 bridgehead atoms. The summed E-state index contributed by atoms with van der Waals surface area (Å²) in [7, 11) is 0. The van der Waals surface area contributed by atoms with Crippen LogP contribution in [0.15, 0.2) is 0 Å². The Morgan fingerprint density at radius 2 is 0.944 bits per heavy atom. The molecule has 2 N–H and O–H groups in total. The molecule has 0 aromatic rings. The van der Waals surface area contributed by atoms with E-state index in [9.17, 15) is 9.59 Å². The lowest BCUT2D eigenvalue weighted by molar-refractivity contribution is 0.0485. The molecule has 4 aliphatic carbocycles. The van der Waals surface area contributed by atoms with Crippen LogP contribution in [0.3, 0.4) is 0 Å². The number of hydrogen-bond acceptors (Lipinski definition) is 6.